The zero-order valence-corrected chi connectivity index (χ0v) is 51.8. The summed E-state index contributed by atoms with van der Waals surface area (Å²) < 4.78 is 5.38. The van der Waals surface area contributed by atoms with Crippen molar-refractivity contribution < 1.29 is 0 Å². The number of rotatable bonds is 0. The summed E-state index contributed by atoms with van der Waals surface area (Å²) in [5, 5.41) is 13.2. The maximum Gasteiger partial charge on any atom is 0.250 e. The van der Waals surface area contributed by atoms with Crippen molar-refractivity contribution in [2.45, 2.75) is 0 Å². The molecule has 17 aromatic heterocycles. The predicted molar refractivity (Wildman–Crippen MR) is 378 cm³/mol. The van der Waals surface area contributed by atoms with Gasteiger partial charge in [-0.15, -0.1) is 0 Å². The smallest absolute Gasteiger partial charge is 0.250 e. The van der Waals surface area contributed by atoms with Gasteiger partial charge in [-0.1, -0.05) is 72.8 Å². The molecule has 0 aliphatic carbocycles. The number of fused-ring (bicyclic) bond motifs is 10. The number of pyridine rings is 10. The Labute approximate surface area is 554 Å². The lowest BCUT2D eigenvalue weighted by molar-refractivity contribution is 0.902. The van der Waals surface area contributed by atoms with Crippen LogP contribution in [0.1, 0.15) is 0 Å². The first-order valence-corrected chi connectivity index (χ1v) is 30.1. The molecule has 0 N–H and O–H groups in total. The third kappa shape index (κ3) is 19.7. The van der Waals surface area contributed by atoms with Gasteiger partial charge in [0.2, 0.25) is 5.78 Å². The Hall–Kier alpha value is -14.2. The van der Waals surface area contributed by atoms with Gasteiger partial charge >= 0.3 is 0 Å². The Morgan fingerprint density at radius 3 is 1.25 bits per heavy atom. The second-order valence-electron chi connectivity index (χ2n) is 19.9. The van der Waals surface area contributed by atoms with Crippen LogP contribution in [-0.2, 0) is 0 Å². The molecular formula is C75H58N22. The SMILES string of the molecule is c1cc2cnccc2cn1.c1ccc2cnccc2c1.c1ccc2ncccc2c1.c1ccc2ncncc2c1.c1cn2ccnc2cn1.c1cnc2cccnc2c1.c1cnc2ccncc2c1.c1cnc2cnccc2c1.c1cnc2nccn2c1.c1cnn2ccnc2n1. The number of nitrogens with zero attached hydrogens (tertiary/aromatic N) is 22. The normalized spacial score (nSPS) is 10.1. The summed E-state index contributed by atoms with van der Waals surface area (Å²) in [6, 6.07) is 55.3. The highest BCUT2D eigenvalue weighted by Gasteiger charge is 1.95. The second kappa shape index (κ2) is 35.5. The molecule has 22 nitrogen and oxygen atoms in total. The van der Waals surface area contributed by atoms with Crippen molar-refractivity contribution in [2.75, 3.05) is 0 Å². The molecule has 0 amide bonds. The second-order valence-corrected chi connectivity index (χ2v) is 19.9. The van der Waals surface area contributed by atoms with Gasteiger partial charge in [0.25, 0.3) is 5.78 Å². The van der Waals surface area contributed by atoms with E-state index in [1.807, 2.05) is 223 Å². The maximum atomic E-state index is 4.18. The number of imidazole rings is 3. The van der Waals surface area contributed by atoms with E-state index >= 15 is 0 Å². The van der Waals surface area contributed by atoms with Crippen molar-refractivity contribution >= 4 is 93.4 Å². The van der Waals surface area contributed by atoms with E-state index in [0.717, 1.165) is 71.5 Å². The molecular weight excluding hydrogens is 1210 g/mol. The first kappa shape index (κ1) is 64.4. The average Bonchev–Trinajstić information content (AvgIpc) is 3.25. The molecule has 0 unspecified atom stereocenters. The van der Waals surface area contributed by atoms with Crippen LogP contribution < -0.4 is 0 Å². The molecule has 0 aliphatic rings. The van der Waals surface area contributed by atoms with Crippen LogP contribution in [0.4, 0.5) is 0 Å². The van der Waals surface area contributed by atoms with Crippen LogP contribution in [0, 0.1) is 0 Å². The summed E-state index contributed by atoms with van der Waals surface area (Å²) in [5.41, 5.74) is 6.79. The van der Waals surface area contributed by atoms with Crippen molar-refractivity contribution in [1.29, 1.82) is 0 Å². The summed E-state index contributed by atoms with van der Waals surface area (Å²) in [6.07, 6.45) is 53.0. The molecule has 468 valence electrons. The van der Waals surface area contributed by atoms with Crippen molar-refractivity contribution in [3.63, 3.8) is 0 Å². The Morgan fingerprint density at radius 1 is 0.196 bits per heavy atom. The number of hydrogen-bond acceptors (Lipinski definition) is 19. The average molecular weight is 1270 g/mol. The molecule has 0 radical (unpaired) electrons. The first-order chi connectivity index (χ1) is 48.2. The Morgan fingerprint density at radius 2 is 0.608 bits per heavy atom. The summed E-state index contributed by atoms with van der Waals surface area (Å²) in [7, 11) is 0. The zero-order valence-electron chi connectivity index (χ0n) is 51.8. The monoisotopic (exact) mass is 1270 g/mol. The largest absolute Gasteiger partial charge is 0.304 e. The van der Waals surface area contributed by atoms with E-state index in [2.05, 4.69) is 119 Å². The number of hydrogen-bond donors (Lipinski definition) is 0. The van der Waals surface area contributed by atoms with E-state index in [0.29, 0.717) is 5.78 Å². The Kier molecular flexibility index (Phi) is 23.5. The molecule has 0 spiro atoms. The highest BCUT2D eigenvalue weighted by atomic mass is 15.3. The molecule has 0 fully saturated rings. The molecule has 97 heavy (non-hydrogen) atoms. The van der Waals surface area contributed by atoms with Crippen molar-refractivity contribution in [1.82, 2.24) is 108 Å². The maximum absolute atomic E-state index is 4.18. The van der Waals surface area contributed by atoms with Crippen LogP contribution in [0.25, 0.3) is 93.4 Å². The summed E-state index contributed by atoms with van der Waals surface area (Å²) in [4.78, 5) is 72.3. The highest BCUT2D eigenvalue weighted by molar-refractivity contribution is 5.82. The molecule has 0 bridgehead atoms. The standard InChI is InChI=1S/2C9H7N.5C8H6N2.2C6H5N3.C5H4N4/c1-2-6-9-8(4-1)5-3-7-10-9;1-2-4-9-7-10-6-5-8(9)3-1;1-3-9-6-8-2-4-10-5-7(1)8;1-3-7-8(9-5-1)4-2-6-10-7;1-2-7-6-9-5-3-8(7)10-4-1;1-2-7-3-5-9-6-8(7)10-4-1;1-2-4-8-7(3-1)5-9-6-10-8;1-3-9-4-2-8-6(9)5-7-1;1-2-7-6-8-3-5-9(6)4-1;1-2-8-9-4-3-7-5(9)6-1/h2*1-7H;5*1-6H;2*1-5H;1-4H. The van der Waals surface area contributed by atoms with E-state index in [1.54, 1.807) is 122 Å². The summed E-state index contributed by atoms with van der Waals surface area (Å²) in [6.45, 7) is 0. The fourth-order valence-corrected chi connectivity index (χ4v) is 8.83. The fourth-order valence-electron chi connectivity index (χ4n) is 8.83. The lowest BCUT2D eigenvalue weighted by Gasteiger charge is -1.91. The van der Waals surface area contributed by atoms with E-state index in [4.69, 9.17) is 0 Å². The van der Waals surface area contributed by atoms with Gasteiger partial charge in [-0.25, -0.2) is 39.4 Å². The van der Waals surface area contributed by atoms with Gasteiger partial charge in [-0.2, -0.15) is 5.10 Å². The zero-order chi connectivity index (χ0) is 66.0. The van der Waals surface area contributed by atoms with Gasteiger partial charge < -0.3 is 4.40 Å². The molecule has 0 saturated heterocycles. The molecule has 20 aromatic rings. The molecule has 3 aromatic carbocycles. The van der Waals surface area contributed by atoms with Crippen LogP contribution in [0.5, 0.6) is 0 Å². The van der Waals surface area contributed by atoms with Gasteiger partial charge in [0.15, 0.2) is 5.65 Å². The Bertz CT molecular complexity index is 4250. The Balaban J connectivity index is 0.000000109. The lowest BCUT2D eigenvalue weighted by Crippen LogP contribution is -1.89. The van der Waals surface area contributed by atoms with Crippen LogP contribution in [-0.4, -0.2) is 108 Å². The minimum Gasteiger partial charge on any atom is -0.304 e. The highest BCUT2D eigenvalue weighted by Crippen LogP contribution is 2.13. The fraction of sp³-hybridized carbons (Fsp3) is 0. The number of aromatic nitrogens is 22. The van der Waals surface area contributed by atoms with Crippen molar-refractivity contribution in [3.8, 4) is 0 Å². The van der Waals surface area contributed by atoms with E-state index in [-0.39, 0.29) is 0 Å². The topological polar surface area (TPSA) is 258 Å². The molecule has 0 aliphatic heterocycles. The molecule has 0 atom stereocenters. The van der Waals surface area contributed by atoms with Crippen LogP contribution in [0.2, 0.25) is 0 Å². The van der Waals surface area contributed by atoms with Gasteiger partial charge in [-0.3, -0.25) is 59.2 Å². The van der Waals surface area contributed by atoms with Gasteiger partial charge in [-0.05, 0) is 108 Å². The number of benzene rings is 3. The van der Waals surface area contributed by atoms with Crippen molar-refractivity contribution in [3.05, 3.63) is 356 Å². The third-order valence-corrected chi connectivity index (χ3v) is 13.5. The molecule has 22 heteroatoms. The quantitative estimate of drug-likeness (QED) is 0.137. The lowest BCUT2D eigenvalue weighted by atomic mass is 10.2. The van der Waals surface area contributed by atoms with Crippen molar-refractivity contribution in [2.24, 2.45) is 0 Å². The van der Waals surface area contributed by atoms with Crippen LogP contribution in [0.3, 0.4) is 0 Å². The minimum atomic E-state index is 0.637. The van der Waals surface area contributed by atoms with E-state index in [9.17, 15) is 0 Å². The van der Waals surface area contributed by atoms with Gasteiger partial charge in [0.1, 0.15) is 6.33 Å². The van der Waals surface area contributed by atoms with Crippen LogP contribution >= 0.6 is 0 Å². The summed E-state index contributed by atoms with van der Waals surface area (Å²) >= 11 is 0. The minimum absolute atomic E-state index is 0.637. The molecule has 17 heterocycles. The van der Waals surface area contributed by atoms with Crippen LogP contribution in [0.15, 0.2) is 356 Å². The predicted octanol–water partition coefficient (Wildman–Crippen LogP) is 14.2. The van der Waals surface area contributed by atoms with E-state index in [1.165, 1.54) is 16.2 Å². The van der Waals surface area contributed by atoms with E-state index < -0.39 is 0 Å². The first-order valence-electron chi connectivity index (χ1n) is 30.1. The third-order valence-electron chi connectivity index (χ3n) is 13.5. The summed E-state index contributed by atoms with van der Waals surface area (Å²) in [5.74, 6) is 1.38. The number of para-hydroxylation sites is 2. The molecule has 0 saturated carbocycles. The van der Waals surface area contributed by atoms with Gasteiger partial charge in [0, 0.05) is 181 Å². The molecule has 20 rings (SSSR count). The van der Waals surface area contributed by atoms with Gasteiger partial charge in [0.05, 0.1) is 64.1 Å².